The Balaban J connectivity index is 0.851. The Morgan fingerprint density at radius 1 is 0.216 bits per heavy atom. The minimum absolute atomic E-state index is 0.774. The smallest absolute Gasteiger partial charge is 0.159 e. The van der Waals surface area contributed by atoms with Gasteiger partial charge in [-0.05, 0) is 149 Å². The standard InChI is InChI=1S/C93H60N2O2/c1-7-25-61(26-8-1)65-45-51-73(63-29-11-3-12-30-63)85(59-65)94(83-41-23-39-81-77-37-19-21-43-87(77)96-91(81)83)71-49-55-75-67(57-71)47-53-79-80-54-48-68-58-72(50-56-76(68)90(80)93(89(75)79,69-33-15-5-16-34-69)70-35-17-6-18-36-70)95(84-42-24-40-82-78-38-20-22-44-88(78)97-92(82)84)86-60-66(62-27-9-2-10-28-62)46-52-74(86)64-31-13-4-14-32-64/h1-60H. The molecule has 4 heteroatoms. The van der Waals surface area contributed by atoms with Gasteiger partial charge in [0.05, 0.1) is 28.2 Å². The average Bonchev–Trinajstić information content (AvgIpc) is 1.53. The summed E-state index contributed by atoms with van der Waals surface area (Å²) < 4.78 is 14.0. The van der Waals surface area contributed by atoms with Crippen LogP contribution >= 0.6 is 0 Å². The Kier molecular flexibility index (Phi) is 13.1. The lowest BCUT2D eigenvalue weighted by molar-refractivity contribution is 0.668. The summed E-state index contributed by atoms with van der Waals surface area (Å²) in [5.74, 6) is 0. The van der Waals surface area contributed by atoms with Crippen molar-refractivity contribution in [2.75, 3.05) is 9.80 Å². The highest BCUT2D eigenvalue weighted by atomic mass is 16.3. The molecule has 0 saturated carbocycles. The second-order valence-corrected chi connectivity index (χ2v) is 25.4. The number of anilines is 6. The van der Waals surface area contributed by atoms with E-state index in [0.717, 1.165) is 133 Å². The highest BCUT2D eigenvalue weighted by molar-refractivity contribution is 6.14. The second kappa shape index (κ2) is 22.8. The predicted octanol–water partition coefficient (Wildman–Crippen LogP) is 25.8. The molecule has 97 heavy (non-hydrogen) atoms. The molecule has 18 aromatic rings. The zero-order valence-corrected chi connectivity index (χ0v) is 52.9. The fourth-order valence-corrected chi connectivity index (χ4v) is 15.8. The third-order valence-electron chi connectivity index (χ3n) is 20.1. The average molecular weight is 1240 g/mol. The van der Waals surface area contributed by atoms with Crippen molar-refractivity contribution in [1.82, 2.24) is 0 Å². The number of hydrogen-bond donors (Lipinski definition) is 0. The molecule has 0 atom stereocenters. The summed E-state index contributed by atoms with van der Waals surface area (Å²) >= 11 is 0. The van der Waals surface area contributed by atoms with Gasteiger partial charge in [0.2, 0.25) is 0 Å². The van der Waals surface area contributed by atoms with Crippen LogP contribution < -0.4 is 9.80 Å². The van der Waals surface area contributed by atoms with E-state index >= 15 is 0 Å². The van der Waals surface area contributed by atoms with E-state index in [1.165, 1.54) is 44.2 Å². The number of benzene rings is 16. The molecule has 4 nitrogen and oxygen atoms in total. The first-order chi connectivity index (χ1) is 48.1. The summed E-state index contributed by atoms with van der Waals surface area (Å²) in [5, 5.41) is 8.89. The van der Waals surface area contributed by atoms with Gasteiger partial charge in [0.15, 0.2) is 11.2 Å². The number of para-hydroxylation sites is 4. The maximum Gasteiger partial charge on any atom is 0.159 e. The normalized spacial score (nSPS) is 12.4. The fraction of sp³-hybridized carbons (Fsp3) is 0.0108. The van der Waals surface area contributed by atoms with Gasteiger partial charge in [-0.3, -0.25) is 0 Å². The van der Waals surface area contributed by atoms with Crippen molar-refractivity contribution < 1.29 is 8.83 Å². The lowest BCUT2D eigenvalue weighted by Crippen LogP contribution is -2.29. The molecule has 0 N–H and O–H groups in total. The summed E-state index contributed by atoms with van der Waals surface area (Å²) in [7, 11) is 0. The summed E-state index contributed by atoms with van der Waals surface area (Å²) in [5.41, 5.74) is 24.9. The molecule has 0 amide bonds. The molecule has 1 aliphatic carbocycles. The molecular weight excluding hydrogens is 1180 g/mol. The summed E-state index contributed by atoms with van der Waals surface area (Å²) in [4.78, 5) is 4.87. The minimum atomic E-state index is -0.774. The van der Waals surface area contributed by atoms with E-state index < -0.39 is 5.41 Å². The Morgan fingerprint density at radius 2 is 0.567 bits per heavy atom. The number of nitrogens with zero attached hydrogens (tertiary/aromatic N) is 2. The lowest BCUT2D eigenvalue weighted by Gasteiger charge is -2.36. The SMILES string of the molecule is c1ccc(-c2ccc(-c3ccccc3)c(N(c3ccc4c5c(ccc4c3)-c3ccc4cc(N(c6cc(-c7ccccc7)ccc6-c6ccccc6)c6cccc7c6oc6ccccc67)ccc4c3C5(c3ccccc3)c3ccccc3)c3cccc4c3oc3ccccc34)c2)cc1. The van der Waals surface area contributed by atoms with Crippen LogP contribution in [0.5, 0.6) is 0 Å². The highest BCUT2D eigenvalue weighted by Crippen LogP contribution is 2.61. The molecule has 0 spiro atoms. The van der Waals surface area contributed by atoms with Crippen LogP contribution in [0.2, 0.25) is 0 Å². The van der Waals surface area contributed by atoms with E-state index in [1.54, 1.807) is 0 Å². The maximum absolute atomic E-state index is 7.00. The molecule has 0 unspecified atom stereocenters. The summed E-state index contributed by atoms with van der Waals surface area (Å²) in [6, 6.07) is 133. The van der Waals surface area contributed by atoms with Crippen LogP contribution in [0.25, 0.3) is 121 Å². The maximum atomic E-state index is 7.00. The van der Waals surface area contributed by atoms with Crippen LogP contribution in [-0.4, -0.2) is 0 Å². The van der Waals surface area contributed by atoms with Crippen molar-refractivity contribution in [3.8, 4) is 55.6 Å². The van der Waals surface area contributed by atoms with Crippen LogP contribution in [0, 0.1) is 0 Å². The molecule has 0 bridgehead atoms. The van der Waals surface area contributed by atoms with E-state index in [1.807, 2.05) is 0 Å². The molecule has 0 aliphatic heterocycles. The van der Waals surface area contributed by atoms with Gasteiger partial charge in [0.1, 0.15) is 11.2 Å². The van der Waals surface area contributed by atoms with Gasteiger partial charge in [0.25, 0.3) is 0 Å². The molecule has 1 aliphatic rings. The van der Waals surface area contributed by atoms with Gasteiger partial charge in [-0.15, -0.1) is 0 Å². The minimum Gasteiger partial charge on any atom is -0.454 e. The number of rotatable bonds is 12. The van der Waals surface area contributed by atoms with Gasteiger partial charge in [-0.25, -0.2) is 0 Å². The zero-order valence-electron chi connectivity index (χ0n) is 52.9. The molecule has 0 saturated heterocycles. The van der Waals surface area contributed by atoms with E-state index in [-0.39, 0.29) is 0 Å². The zero-order chi connectivity index (χ0) is 64.0. The Bertz CT molecular complexity index is 5690. The van der Waals surface area contributed by atoms with Crippen LogP contribution in [0.4, 0.5) is 34.1 Å². The van der Waals surface area contributed by atoms with Gasteiger partial charge in [0, 0.05) is 44.0 Å². The van der Waals surface area contributed by atoms with Gasteiger partial charge in [-0.2, -0.15) is 0 Å². The van der Waals surface area contributed by atoms with E-state index in [4.69, 9.17) is 8.83 Å². The lowest BCUT2D eigenvalue weighted by atomic mass is 9.66. The number of fused-ring (bicyclic) bond motifs is 13. The largest absolute Gasteiger partial charge is 0.454 e. The van der Waals surface area contributed by atoms with Crippen molar-refractivity contribution in [2.45, 2.75) is 5.41 Å². The monoisotopic (exact) mass is 1240 g/mol. The Hall–Kier alpha value is -12.8. The van der Waals surface area contributed by atoms with Gasteiger partial charge < -0.3 is 18.6 Å². The van der Waals surface area contributed by atoms with Crippen molar-refractivity contribution in [3.63, 3.8) is 0 Å². The van der Waals surface area contributed by atoms with E-state index in [0.29, 0.717) is 0 Å². The van der Waals surface area contributed by atoms with Crippen LogP contribution in [-0.2, 0) is 5.41 Å². The first kappa shape index (κ1) is 55.8. The van der Waals surface area contributed by atoms with Crippen molar-refractivity contribution in [1.29, 1.82) is 0 Å². The second-order valence-electron chi connectivity index (χ2n) is 25.4. The molecule has 0 radical (unpaired) electrons. The first-order valence-electron chi connectivity index (χ1n) is 33.3. The Morgan fingerprint density at radius 3 is 0.979 bits per heavy atom. The third-order valence-corrected chi connectivity index (χ3v) is 20.1. The Labute approximate surface area is 562 Å². The van der Waals surface area contributed by atoms with Gasteiger partial charge in [-0.1, -0.05) is 303 Å². The molecule has 454 valence electrons. The van der Waals surface area contributed by atoms with Crippen LogP contribution in [0.3, 0.4) is 0 Å². The predicted molar refractivity (Wildman–Crippen MR) is 404 cm³/mol. The quantitative estimate of drug-likeness (QED) is 0.122. The number of hydrogen-bond acceptors (Lipinski definition) is 4. The topological polar surface area (TPSA) is 32.8 Å². The molecular formula is C93H60N2O2. The summed E-state index contributed by atoms with van der Waals surface area (Å²) in [6.45, 7) is 0. The molecule has 0 fully saturated rings. The third kappa shape index (κ3) is 8.99. The van der Waals surface area contributed by atoms with Crippen LogP contribution in [0.1, 0.15) is 22.3 Å². The highest BCUT2D eigenvalue weighted by Gasteiger charge is 2.48. The first-order valence-corrected chi connectivity index (χ1v) is 33.3. The number of furan rings is 2. The molecule has 2 heterocycles. The summed E-state index contributed by atoms with van der Waals surface area (Å²) in [6.07, 6.45) is 0. The van der Waals surface area contributed by atoms with Crippen molar-refractivity contribution in [2.24, 2.45) is 0 Å². The van der Waals surface area contributed by atoms with Crippen LogP contribution in [0.15, 0.2) is 373 Å². The van der Waals surface area contributed by atoms with Crippen molar-refractivity contribution in [3.05, 3.63) is 386 Å². The fourth-order valence-electron chi connectivity index (χ4n) is 15.8. The molecule has 16 aromatic carbocycles. The molecule has 19 rings (SSSR count). The van der Waals surface area contributed by atoms with Crippen molar-refractivity contribution >= 4 is 99.5 Å². The van der Waals surface area contributed by atoms with E-state index in [9.17, 15) is 0 Å². The van der Waals surface area contributed by atoms with E-state index in [2.05, 4.69) is 374 Å². The molecule has 2 aromatic heterocycles. The van der Waals surface area contributed by atoms with Gasteiger partial charge >= 0.3 is 0 Å².